The van der Waals surface area contributed by atoms with Crippen LogP contribution in [-0.4, -0.2) is 47.5 Å². The first-order valence-corrected chi connectivity index (χ1v) is 6.03. The first-order chi connectivity index (χ1) is 9.68. The standard InChI is InChI=1S/C12H15F5O5/c1-6(2)8(18)20-5-9(4)10(13,14)11(19,12(15,16)17)22-7(3)21-9/h7,19H,1,5H2,2-4H3. The van der Waals surface area contributed by atoms with Crippen LogP contribution < -0.4 is 0 Å². The predicted octanol–water partition coefficient (Wildman–Crippen LogP) is 2.14. The molecule has 0 aromatic heterocycles. The Labute approximate surface area is 122 Å². The van der Waals surface area contributed by atoms with Gasteiger partial charge in [0, 0.05) is 5.57 Å². The molecule has 1 heterocycles. The summed E-state index contributed by atoms with van der Waals surface area (Å²) in [6.07, 6.45) is -7.62. The highest BCUT2D eigenvalue weighted by molar-refractivity contribution is 5.86. The lowest BCUT2D eigenvalue weighted by Crippen LogP contribution is -2.75. The summed E-state index contributed by atoms with van der Waals surface area (Å²) >= 11 is 0. The molecule has 0 saturated carbocycles. The zero-order chi connectivity index (χ0) is 17.6. The van der Waals surface area contributed by atoms with Gasteiger partial charge < -0.3 is 19.3 Å². The maximum Gasteiger partial charge on any atom is 0.449 e. The molecular formula is C12H15F5O5. The minimum Gasteiger partial charge on any atom is -0.459 e. The summed E-state index contributed by atoms with van der Waals surface area (Å²) in [4.78, 5) is 11.2. The van der Waals surface area contributed by atoms with Crippen molar-refractivity contribution in [2.24, 2.45) is 0 Å². The first kappa shape index (κ1) is 18.8. The molecule has 1 saturated heterocycles. The molecule has 1 aliphatic heterocycles. The summed E-state index contributed by atoms with van der Waals surface area (Å²) in [7, 11) is 0. The van der Waals surface area contributed by atoms with Crippen molar-refractivity contribution in [1.29, 1.82) is 0 Å². The lowest BCUT2D eigenvalue weighted by Gasteiger charge is -2.51. The van der Waals surface area contributed by atoms with E-state index in [1.54, 1.807) is 0 Å². The Kier molecular flexibility index (Phi) is 4.63. The van der Waals surface area contributed by atoms with E-state index in [2.05, 4.69) is 20.8 Å². The molecule has 0 aromatic rings. The van der Waals surface area contributed by atoms with Crippen LogP contribution in [0.4, 0.5) is 22.0 Å². The van der Waals surface area contributed by atoms with Gasteiger partial charge in [0.25, 0.3) is 0 Å². The van der Waals surface area contributed by atoms with E-state index in [9.17, 15) is 31.9 Å². The Morgan fingerprint density at radius 2 is 1.86 bits per heavy atom. The van der Waals surface area contributed by atoms with Crippen molar-refractivity contribution in [3.63, 3.8) is 0 Å². The molecule has 0 amide bonds. The molecular weight excluding hydrogens is 319 g/mol. The molecule has 22 heavy (non-hydrogen) atoms. The highest BCUT2D eigenvalue weighted by atomic mass is 19.4. The number of carbonyl (C=O) groups excluding carboxylic acids is 1. The molecule has 10 heteroatoms. The molecule has 1 aliphatic rings. The SMILES string of the molecule is C=C(C)C(=O)OCC1(C)OC(C)OC(O)(C(F)(F)F)C1(F)F. The van der Waals surface area contributed by atoms with Crippen LogP contribution in [0.1, 0.15) is 20.8 Å². The second-order valence-corrected chi connectivity index (χ2v) is 5.11. The number of halogens is 5. The number of hydrogen-bond acceptors (Lipinski definition) is 5. The third-order valence-electron chi connectivity index (χ3n) is 3.06. The van der Waals surface area contributed by atoms with Gasteiger partial charge in [0.05, 0.1) is 0 Å². The van der Waals surface area contributed by atoms with Gasteiger partial charge in [0.15, 0.2) is 11.9 Å². The average Bonchev–Trinajstić information content (AvgIpc) is 2.32. The number of hydrogen-bond donors (Lipinski definition) is 1. The zero-order valence-corrected chi connectivity index (χ0v) is 12.0. The van der Waals surface area contributed by atoms with E-state index in [-0.39, 0.29) is 5.57 Å². The summed E-state index contributed by atoms with van der Waals surface area (Å²) in [5.74, 6) is -10.8. The summed E-state index contributed by atoms with van der Waals surface area (Å²) in [5, 5.41) is 9.38. The van der Waals surface area contributed by atoms with E-state index in [1.807, 2.05) is 0 Å². The third kappa shape index (κ3) is 2.82. The highest BCUT2D eigenvalue weighted by Gasteiger charge is 2.80. The van der Waals surface area contributed by atoms with Crippen LogP contribution in [0, 0.1) is 0 Å². The van der Waals surface area contributed by atoms with E-state index in [0.29, 0.717) is 6.92 Å². The second kappa shape index (κ2) is 5.43. The van der Waals surface area contributed by atoms with Gasteiger partial charge in [0.2, 0.25) is 0 Å². The fraction of sp³-hybridized carbons (Fsp3) is 0.750. The van der Waals surface area contributed by atoms with Crippen LogP contribution in [0.5, 0.6) is 0 Å². The van der Waals surface area contributed by atoms with E-state index in [1.165, 1.54) is 6.92 Å². The highest BCUT2D eigenvalue weighted by Crippen LogP contribution is 2.53. The quantitative estimate of drug-likeness (QED) is 0.487. The first-order valence-electron chi connectivity index (χ1n) is 6.03. The van der Waals surface area contributed by atoms with Crippen molar-refractivity contribution < 1.29 is 46.1 Å². The van der Waals surface area contributed by atoms with Gasteiger partial charge in [-0.3, -0.25) is 0 Å². The van der Waals surface area contributed by atoms with E-state index in [0.717, 1.165) is 6.92 Å². The second-order valence-electron chi connectivity index (χ2n) is 5.11. The normalized spacial score (nSPS) is 35.0. The molecule has 0 aliphatic carbocycles. The van der Waals surface area contributed by atoms with Gasteiger partial charge in [0.1, 0.15) is 6.61 Å². The Hall–Kier alpha value is -1.26. The molecule has 0 bridgehead atoms. The topological polar surface area (TPSA) is 65.0 Å². The fourth-order valence-corrected chi connectivity index (χ4v) is 1.83. The van der Waals surface area contributed by atoms with Gasteiger partial charge in [-0.2, -0.15) is 22.0 Å². The number of ether oxygens (including phenoxy) is 3. The molecule has 0 spiro atoms. The van der Waals surface area contributed by atoms with E-state index in [4.69, 9.17) is 0 Å². The lowest BCUT2D eigenvalue weighted by atomic mass is 9.89. The largest absolute Gasteiger partial charge is 0.459 e. The monoisotopic (exact) mass is 334 g/mol. The number of aliphatic hydroxyl groups is 1. The maximum atomic E-state index is 14.2. The van der Waals surface area contributed by atoms with Crippen molar-refractivity contribution in [2.75, 3.05) is 6.61 Å². The molecule has 128 valence electrons. The summed E-state index contributed by atoms with van der Waals surface area (Å²) in [6, 6.07) is 0. The van der Waals surface area contributed by atoms with Gasteiger partial charge in [-0.15, -0.1) is 0 Å². The smallest absolute Gasteiger partial charge is 0.449 e. The molecule has 0 aromatic carbocycles. The van der Waals surface area contributed by atoms with Gasteiger partial charge in [-0.05, 0) is 20.8 Å². The molecule has 1 rings (SSSR count). The minimum atomic E-state index is -5.80. The van der Waals surface area contributed by atoms with Crippen LogP contribution >= 0.6 is 0 Å². The molecule has 3 atom stereocenters. The predicted molar refractivity (Wildman–Crippen MR) is 61.8 cm³/mol. The van der Waals surface area contributed by atoms with Crippen LogP contribution in [0.15, 0.2) is 12.2 Å². The Balaban J connectivity index is 3.17. The number of esters is 1. The average molecular weight is 334 g/mol. The summed E-state index contributed by atoms with van der Waals surface area (Å²) < 4.78 is 79.9. The maximum absolute atomic E-state index is 14.2. The summed E-state index contributed by atoms with van der Waals surface area (Å²) in [5.41, 5.74) is -3.10. The van der Waals surface area contributed by atoms with Crippen LogP contribution in [-0.2, 0) is 19.0 Å². The van der Waals surface area contributed by atoms with Gasteiger partial charge in [-0.25, -0.2) is 4.79 Å². The third-order valence-corrected chi connectivity index (χ3v) is 3.06. The minimum absolute atomic E-state index is 0.141. The Morgan fingerprint density at radius 3 is 2.27 bits per heavy atom. The van der Waals surface area contributed by atoms with Crippen molar-refractivity contribution in [2.45, 2.75) is 50.5 Å². The molecule has 1 fully saturated rings. The molecule has 3 unspecified atom stereocenters. The van der Waals surface area contributed by atoms with Crippen LogP contribution in [0.2, 0.25) is 0 Å². The van der Waals surface area contributed by atoms with Gasteiger partial charge >= 0.3 is 23.9 Å². The van der Waals surface area contributed by atoms with Crippen LogP contribution in [0.25, 0.3) is 0 Å². The van der Waals surface area contributed by atoms with Crippen molar-refractivity contribution in [3.05, 3.63) is 12.2 Å². The lowest BCUT2D eigenvalue weighted by molar-refractivity contribution is -0.519. The van der Waals surface area contributed by atoms with Crippen molar-refractivity contribution in [3.8, 4) is 0 Å². The van der Waals surface area contributed by atoms with E-state index < -0.39 is 42.4 Å². The van der Waals surface area contributed by atoms with Crippen molar-refractivity contribution in [1.82, 2.24) is 0 Å². The van der Waals surface area contributed by atoms with E-state index >= 15 is 0 Å². The molecule has 0 radical (unpaired) electrons. The molecule has 5 nitrogen and oxygen atoms in total. The Bertz CT molecular complexity index is 477. The Morgan fingerprint density at radius 1 is 1.36 bits per heavy atom. The van der Waals surface area contributed by atoms with Crippen molar-refractivity contribution >= 4 is 5.97 Å². The number of carbonyl (C=O) groups is 1. The fourth-order valence-electron chi connectivity index (χ4n) is 1.83. The van der Waals surface area contributed by atoms with Gasteiger partial charge in [-0.1, -0.05) is 6.58 Å². The van der Waals surface area contributed by atoms with Crippen LogP contribution in [0.3, 0.4) is 0 Å². The summed E-state index contributed by atoms with van der Waals surface area (Å²) in [6.45, 7) is 4.66. The number of alkyl halides is 5. The zero-order valence-electron chi connectivity index (χ0n) is 12.0. The number of rotatable bonds is 3. The molecule has 1 N–H and O–H groups in total.